The van der Waals surface area contributed by atoms with Gasteiger partial charge in [0, 0.05) is 16.5 Å². The molecule has 0 aliphatic heterocycles. The number of hydrogen-bond donors (Lipinski definition) is 1. The summed E-state index contributed by atoms with van der Waals surface area (Å²) < 4.78 is 10.3. The summed E-state index contributed by atoms with van der Waals surface area (Å²) in [5.74, 6) is -0.0867. The highest BCUT2D eigenvalue weighted by atomic mass is 32.1. The van der Waals surface area contributed by atoms with E-state index in [1.165, 1.54) is 18.4 Å². The van der Waals surface area contributed by atoms with Gasteiger partial charge in [-0.05, 0) is 43.7 Å². The van der Waals surface area contributed by atoms with Crippen LogP contribution in [0.4, 0.5) is 5.00 Å². The van der Waals surface area contributed by atoms with Gasteiger partial charge in [0.05, 0.1) is 13.7 Å². The largest absolute Gasteiger partial charge is 0.494 e. The van der Waals surface area contributed by atoms with Crippen LogP contribution in [0.15, 0.2) is 53.9 Å². The molecule has 0 saturated carbocycles. The fraction of sp³-hybridized carbons (Fsp3) is 0.182. The Morgan fingerprint density at radius 1 is 1.04 bits per heavy atom. The molecule has 0 saturated heterocycles. The molecule has 3 aromatic rings. The van der Waals surface area contributed by atoms with Gasteiger partial charge >= 0.3 is 5.97 Å². The van der Waals surface area contributed by atoms with Crippen molar-refractivity contribution in [2.24, 2.45) is 0 Å². The van der Waals surface area contributed by atoms with Crippen LogP contribution in [0.1, 0.15) is 33.2 Å². The van der Waals surface area contributed by atoms with Crippen LogP contribution >= 0.6 is 11.3 Å². The zero-order valence-corrected chi connectivity index (χ0v) is 16.8. The number of rotatable bonds is 6. The third-order valence-electron chi connectivity index (χ3n) is 4.20. The number of nitrogens with one attached hydrogen (secondary N) is 1. The molecule has 144 valence electrons. The van der Waals surface area contributed by atoms with Gasteiger partial charge in [-0.15, -0.1) is 11.3 Å². The quantitative estimate of drug-likeness (QED) is 0.586. The Bertz CT molecular complexity index is 975. The lowest BCUT2D eigenvalue weighted by Gasteiger charge is -2.09. The van der Waals surface area contributed by atoms with Crippen LogP contribution in [-0.4, -0.2) is 25.6 Å². The maximum absolute atomic E-state index is 12.6. The van der Waals surface area contributed by atoms with Crippen LogP contribution < -0.4 is 10.1 Å². The van der Waals surface area contributed by atoms with E-state index in [9.17, 15) is 9.59 Å². The highest BCUT2D eigenvalue weighted by Gasteiger charge is 2.22. The molecule has 1 N–H and O–H groups in total. The molecular formula is C22H21NO4S. The number of esters is 1. The van der Waals surface area contributed by atoms with Crippen molar-refractivity contribution in [1.29, 1.82) is 0 Å². The number of benzene rings is 2. The Balaban J connectivity index is 1.90. The number of carbonyl (C=O) groups is 2. The molecule has 0 radical (unpaired) electrons. The molecular weight excluding hydrogens is 374 g/mol. The van der Waals surface area contributed by atoms with Crippen LogP contribution in [-0.2, 0) is 4.74 Å². The Labute approximate surface area is 167 Å². The minimum atomic E-state index is -0.487. The number of hydrogen-bond acceptors (Lipinski definition) is 5. The number of anilines is 1. The number of methoxy groups -OCH3 is 1. The Hall–Kier alpha value is -3.12. The fourth-order valence-corrected chi connectivity index (χ4v) is 3.70. The monoisotopic (exact) mass is 395 g/mol. The third kappa shape index (κ3) is 4.23. The normalized spacial score (nSPS) is 10.4. The number of carbonyl (C=O) groups excluding carboxylic acids is 2. The summed E-state index contributed by atoms with van der Waals surface area (Å²) in [5, 5.41) is 5.14. The predicted molar refractivity (Wildman–Crippen MR) is 111 cm³/mol. The smallest absolute Gasteiger partial charge is 0.341 e. The molecule has 2 aromatic carbocycles. The summed E-state index contributed by atoms with van der Waals surface area (Å²) in [4.78, 5) is 25.0. The van der Waals surface area contributed by atoms with Crippen LogP contribution in [0.25, 0.3) is 11.1 Å². The molecule has 1 heterocycles. The lowest BCUT2D eigenvalue weighted by atomic mass is 10.0. The maximum atomic E-state index is 12.6. The fourth-order valence-electron chi connectivity index (χ4n) is 2.74. The first-order valence-corrected chi connectivity index (χ1v) is 9.72. The SMILES string of the molecule is CCOc1ccc(C(=O)Nc2scc(-c3ccc(C)cc3)c2C(=O)OC)cc1. The standard InChI is InChI=1S/C22H21NO4S/c1-4-27-17-11-9-16(10-12-17)20(24)23-21-19(22(25)26-3)18(13-28-21)15-7-5-14(2)6-8-15/h5-13H,4H2,1-3H3,(H,23,24). The zero-order valence-electron chi connectivity index (χ0n) is 15.9. The topological polar surface area (TPSA) is 64.6 Å². The molecule has 6 heteroatoms. The minimum Gasteiger partial charge on any atom is -0.494 e. The van der Waals surface area contributed by atoms with Gasteiger partial charge in [-0.25, -0.2) is 4.79 Å². The minimum absolute atomic E-state index is 0.300. The van der Waals surface area contributed by atoms with Gasteiger partial charge in [-0.2, -0.15) is 0 Å². The van der Waals surface area contributed by atoms with E-state index in [1.54, 1.807) is 24.3 Å². The molecule has 5 nitrogen and oxygen atoms in total. The molecule has 0 aliphatic carbocycles. The lowest BCUT2D eigenvalue weighted by molar-refractivity contribution is 0.0603. The third-order valence-corrected chi connectivity index (χ3v) is 5.09. The van der Waals surface area contributed by atoms with Crippen molar-refractivity contribution in [2.45, 2.75) is 13.8 Å². The summed E-state index contributed by atoms with van der Waals surface area (Å²) in [5.41, 5.74) is 3.59. The molecule has 0 bridgehead atoms. The van der Waals surface area contributed by atoms with Crippen LogP contribution in [0.3, 0.4) is 0 Å². The van der Waals surface area contributed by atoms with Crippen LogP contribution in [0.2, 0.25) is 0 Å². The van der Waals surface area contributed by atoms with Gasteiger partial charge in [-0.3, -0.25) is 4.79 Å². The van der Waals surface area contributed by atoms with E-state index in [-0.39, 0.29) is 5.91 Å². The van der Waals surface area contributed by atoms with E-state index < -0.39 is 5.97 Å². The highest BCUT2D eigenvalue weighted by Crippen LogP contribution is 2.36. The molecule has 0 aliphatic rings. The van der Waals surface area contributed by atoms with E-state index in [0.29, 0.717) is 28.5 Å². The average molecular weight is 395 g/mol. The second-order valence-electron chi connectivity index (χ2n) is 6.12. The van der Waals surface area contributed by atoms with Gasteiger partial charge in [0.15, 0.2) is 0 Å². The highest BCUT2D eigenvalue weighted by molar-refractivity contribution is 7.15. The average Bonchev–Trinajstić information content (AvgIpc) is 3.12. The van der Waals surface area contributed by atoms with E-state index in [4.69, 9.17) is 9.47 Å². The predicted octanol–water partition coefficient (Wildman–Crippen LogP) is 5.16. The van der Waals surface area contributed by atoms with Crippen molar-refractivity contribution >= 4 is 28.2 Å². The second kappa shape index (κ2) is 8.71. The molecule has 1 aromatic heterocycles. The van der Waals surface area contributed by atoms with Crippen molar-refractivity contribution in [3.8, 4) is 16.9 Å². The molecule has 1 amide bonds. The summed E-state index contributed by atoms with van der Waals surface area (Å²) >= 11 is 1.30. The van der Waals surface area contributed by atoms with E-state index >= 15 is 0 Å². The second-order valence-corrected chi connectivity index (χ2v) is 7.00. The Morgan fingerprint density at radius 3 is 2.32 bits per heavy atom. The number of thiophene rings is 1. The van der Waals surface area contributed by atoms with Crippen LogP contribution in [0, 0.1) is 6.92 Å². The molecule has 0 spiro atoms. The summed E-state index contributed by atoms with van der Waals surface area (Å²) in [6.07, 6.45) is 0. The first-order valence-electron chi connectivity index (χ1n) is 8.84. The van der Waals surface area contributed by atoms with E-state index in [1.807, 2.05) is 43.5 Å². The van der Waals surface area contributed by atoms with E-state index in [0.717, 1.165) is 16.7 Å². The number of aryl methyl sites for hydroxylation is 1. The zero-order chi connectivity index (χ0) is 20.1. The van der Waals surface area contributed by atoms with Gasteiger partial charge < -0.3 is 14.8 Å². The number of amides is 1. The van der Waals surface area contributed by atoms with Gasteiger partial charge in [-0.1, -0.05) is 29.8 Å². The van der Waals surface area contributed by atoms with Crippen molar-refractivity contribution in [3.05, 3.63) is 70.6 Å². The van der Waals surface area contributed by atoms with Crippen molar-refractivity contribution in [3.63, 3.8) is 0 Å². The Morgan fingerprint density at radius 2 is 1.71 bits per heavy atom. The molecule has 0 unspecified atom stereocenters. The van der Waals surface area contributed by atoms with Crippen molar-refractivity contribution < 1.29 is 19.1 Å². The summed E-state index contributed by atoms with van der Waals surface area (Å²) in [6.45, 7) is 4.46. The van der Waals surface area contributed by atoms with Gasteiger partial charge in [0.2, 0.25) is 0 Å². The van der Waals surface area contributed by atoms with E-state index in [2.05, 4.69) is 5.32 Å². The lowest BCUT2D eigenvalue weighted by Crippen LogP contribution is -2.14. The Kier molecular flexibility index (Phi) is 6.11. The molecule has 0 fully saturated rings. The van der Waals surface area contributed by atoms with Gasteiger partial charge in [0.25, 0.3) is 5.91 Å². The first kappa shape index (κ1) is 19.6. The first-order chi connectivity index (χ1) is 13.5. The van der Waals surface area contributed by atoms with Crippen molar-refractivity contribution in [2.75, 3.05) is 19.0 Å². The summed E-state index contributed by atoms with van der Waals surface area (Å²) in [7, 11) is 1.33. The van der Waals surface area contributed by atoms with Gasteiger partial charge in [0.1, 0.15) is 16.3 Å². The molecule has 0 atom stereocenters. The molecule has 3 rings (SSSR count). The molecule has 28 heavy (non-hydrogen) atoms. The van der Waals surface area contributed by atoms with Crippen LogP contribution in [0.5, 0.6) is 5.75 Å². The summed E-state index contributed by atoms with van der Waals surface area (Å²) in [6, 6.07) is 14.7. The number of ether oxygens (including phenoxy) is 2. The maximum Gasteiger partial charge on any atom is 0.341 e. The van der Waals surface area contributed by atoms with Crippen molar-refractivity contribution in [1.82, 2.24) is 0 Å².